The molecule has 0 atom stereocenters. The Morgan fingerprint density at radius 2 is 1.52 bits per heavy atom. The van der Waals surface area contributed by atoms with Crippen molar-refractivity contribution in [2.24, 2.45) is 0 Å². The summed E-state index contributed by atoms with van der Waals surface area (Å²) in [5, 5.41) is 0. The highest BCUT2D eigenvalue weighted by molar-refractivity contribution is 7.86. The van der Waals surface area contributed by atoms with Gasteiger partial charge in [-0.25, -0.2) is 0 Å². The van der Waals surface area contributed by atoms with Crippen LogP contribution in [-0.4, -0.2) is 22.7 Å². The van der Waals surface area contributed by atoms with E-state index < -0.39 is 35.7 Å². The maximum atomic E-state index is 13.9. The Balaban J connectivity index is 2.71. The molecule has 0 heterocycles. The third kappa shape index (κ3) is 6.51. The Morgan fingerprint density at radius 1 is 0.966 bits per heavy atom. The van der Waals surface area contributed by atoms with Crippen LogP contribution in [0.5, 0.6) is 0 Å². The lowest BCUT2D eigenvalue weighted by molar-refractivity contribution is -0.114. The van der Waals surface area contributed by atoms with Gasteiger partial charge in [-0.15, -0.1) is 5.54 Å². The minimum atomic E-state index is -5.06. The SMILES string of the molecule is Cc1ccc(S(=O)(=O)O/C(=C(\C#C[Si](C)(C)C)c2ccccc2)C(F)(F)F)cc1. The summed E-state index contributed by atoms with van der Waals surface area (Å²) in [4.78, 5) is -0.365. The van der Waals surface area contributed by atoms with Crippen molar-refractivity contribution in [1.29, 1.82) is 0 Å². The van der Waals surface area contributed by atoms with Gasteiger partial charge in [-0.05, 0) is 24.6 Å². The highest BCUT2D eigenvalue weighted by Gasteiger charge is 2.42. The maximum Gasteiger partial charge on any atom is 0.452 e. The van der Waals surface area contributed by atoms with E-state index in [2.05, 4.69) is 15.6 Å². The number of allylic oxidation sites excluding steroid dienone is 2. The van der Waals surface area contributed by atoms with Crippen molar-refractivity contribution < 1.29 is 25.8 Å². The molecule has 2 aromatic carbocycles. The van der Waals surface area contributed by atoms with Gasteiger partial charge in [-0.3, -0.25) is 0 Å². The molecule has 0 saturated carbocycles. The van der Waals surface area contributed by atoms with Gasteiger partial charge >= 0.3 is 16.3 Å². The fourth-order valence-corrected chi connectivity index (χ4v) is 3.67. The average molecular weight is 439 g/mol. The van der Waals surface area contributed by atoms with E-state index in [1.807, 2.05) is 19.6 Å². The van der Waals surface area contributed by atoms with Crippen LogP contribution in [0.3, 0.4) is 0 Å². The zero-order valence-electron chi connectivity index (χ0n) is 16.5. The minimum Gasteiger partial charge on any atom is -0.372 e. The average Bonchev–Trinajstić information content (AvgIpc) is 2.60. The highest BCUT2D eigenvalue weighted by atomic mass is 32.2. The van der Waals surface area contributed by atoms with Gasteiger partial charge in [-0.2, -0.15) is 21.6 Å². The Kier molecular flexibility index (Phi) is 6.66. The summed E-state index contributed by atoms with van der Waals surface area (Å²) in [7, 11) is -6.75. The van der Waals surface area contributed by atoms with E-state index in [9.17, 15) is 21.6 Å². The molecule has 0 aromatic heterocycles. The number of rotatable bonds is 4. The first-order chi connectivity index (χ1) is 13.3. The lowest BCUT2D eigenvalue weighted by atomic mass is 10.1. The van der Waals surface area contributed by atoms with E-state index in [1.165, 1.54) is 36.4 Å². The number of hydrogen-bond acceptors (Lipinski definition) is 3. The third-order valence-electron chi connectivity index (χ3n) is 3.61. The molecule has 0 aliphatic heterocycles. The molecule has 2 rings (SSSR count). The van der Waals surface area contributed by atoms with Crippen LogP contribution in [0, 0.1) is 18.4 Å². The first-order valence-electron chi connectivity index (χ1n) is 8.71. The molecule has 8 heteroatoms. The molecule has 154 valence electrons. The predicted octanol–water partition coefficient (Wildman–Crippen LogP) is 5.55. The zero-order chi connectivity index (χ0) is 21.9. The summed E-state index contributed by atoms with van der Waals surface area (Å²) in [5.41, 5.74) is 3.25. The van der Waals surface area contributed by atoms with Crippen LogP contribution in [0.1, 0.15) is 11.1 Å². The van der Waals surface area contributed by atoms with E-state index in [0.29, 0.717) is 0 Å². The fraction of sp³-hybridized carbons (Fsp3) is 0.238. The van der Waals surface area contributed by atoms with Crippen molar-refractivity contribution in [3.8, 4) is 11.5 Å². The van der Waals surface area contributed by atoms with E-state index in [0.717, 1.165) is 5.56 Å². The normalized spacial score (nSPS) is 13.2. The van der Waals surface area contributed by atoms with Crippen LogP contribution < -0.4 is 0 Å². The summed E-state index contributed by atoms with van der Waals surface area (Å²) < 4.78 is 71.4. The second kappa shape index (κ2) is 8.47. The van der Waals surface area contributed by atoms with E-state index in [-0.39, 0.29) is 10.5 Å². The van der Waals surface area contributed by atoms with Crippen molar-refractivity contribution in [3.05, 3.63) is 71.5 Å². The summed E-state index contributed by atoms with van der Waals surface area (Å²) in [5.74, 6) is 0.904. The quantitative estimate of drug-likeness (QED) is 0.272. The van der Waals surface area contributed by atoms with Gasteiger partial charge in [0.1, 0.15) is 13.0 Å². The number of benzene rings is 2. The van der Waals surface area contributed by atoms with Crippen LogP contribution in [0.25, 0.3) is 5.57 Å². The molecule has 0 spiro atoms. The monoisotopic (exact) mass is 438 g/mol. The summed E-state index contributed by atoms with van der Waals surface area (Å²) in [6, 6.07) is 13.0. The molecule has 29 heavy (non-hydrogen) atoms. The van der Waals surface area contributed by atoms with Crippen LogP contribution in [0.15, 0.2) is 65.3 Å². The molecular formula is C21H21F3O3SSi. The standard InChI is InChI=1S/C21H21F3O3SSi/c1-16-10-12-18(13-11-16)28(25,26)27-20(21(22,23)24)19(14-15-29(2,3)4)17-8-6-5-7-9-17/h5-13H,1-4H3/b20-19+. The van der Waals surface area contributed by atoms with Crippen LogP contribution >= 0.6 is 0 Å². The molecule has 0 aliphatic rings. The number of hydrogen-bond donors (Lipinski definition) is 0. The van der Waals surface area contributed by atoms with Gasteiger partial charge in [-0.1, -0.05) is 73.6 Å². The first kappa shape index (κ1) is 22.8. The third-order valence-corrected chi connectivity index (χ3v) is 5.72. The lowest BCUT2D eigenvalue weighted by Crippen LogP contribution is -2.21. The Bertz CT molecular complexity index is 1050. The Morgan fingerprint density at radius 3 is 2.00 bits per heavy atom. The molecular weight excluding hydrogens is 417 g/mol. The first-order valence-corrected chi connectivity index (χ1v) is 13.6. The number of aryl methyl sites for hydroxylation is 1. The number of alkyl halides is 3. The van der Waals surface area contributed by atoms with Crippen LogP contribution in [0.2, 0.25) is 19.6 Å². The number of halogens is 3. The van der Waals surface area contributed by atoms with Crippen molar-refractivity contribution in [3.63, 3.8) is 0 Å². The van der Waals surface area contributed by atoms with E-state index in [4.69, 9.17) is 0 Å². The Labute approximate surface area is 170 Å². The predicted molar refractivity (Wildman–Crippen MR) is 110 cm³/mol. The van der Waals surface area contributed by atoms with Crippen molar-refractivity contribution in [1.82, 2.24) is 0 Å². The second-order valence-electron chi connectivity index (χ2n) is 7.42. The molecule has 0 amide bonds. The lowest BCUT2D eigenvalue weighted by Gasteiger charge is -2.16. The molecule has 0 unspecified atom stereocenters. The smallest absolute Gasteiger partial charge is 0.372 e. The molecule has 0 fully saturated rings. The van der Waals surface area contributed by atoms with Gasteiger partial charge in [0.15, 0.2) is 0 Å². The molecule has 0 radical (unpaired) electrons. The van der Waals surface area contributed by atoms with Crippen molar-refractivity contribution in [2.45, 2.75) is 37.6 Å². The minimum absolute atomic E-state index is 0.129. The van der Waals surface area contributed by atoms with Crippen molar-refractivity contribution >= 4 is 23.8 Å². The molecule has 0 N–H and O–H groups in total. The van der Waals surface area contributed by atoms with Crippen LogP contribution in [-0.2, 0) is 14.3 Å². The van der Waals surface area contributed by atoms with Gasteiger partial charge in [0.25, 0.3) is 0 Å². The topological polar surface area (TPSA) is 43.4 Å². The summed E-state index contributed by atoms with van der Waals surface area (Å²) >= 11 is 0. The fourth-order valence-electron chi connectivity index (χ4n) is 2.21. The molecule has 2 aromatic rings. The van der Waals surface area contributed by atoms with Gasteiger partial charge in [0.2, 0.25) is 5.76 Å². The largest absolute Gasteiger partial charge is 0.452 e. The second-order valence-corrected chi connectivity index (χ2v) is 13.7. The highest BCUT2D eigenvalue weighted by Crippen LogP contribution is 2.35. The van der Waals surface area contributed by atoms with E-state index >= 15 is 0 Å². The van der Waals surface area contributed by atoms with Crippen LogP contribution in [0.4, 0.5) is 13.2 Å². The zero-order valence-corrected chi connectivity index (χ0v) is 18.3. The molecule has 3 nitrogen and oxygen atoms in total. The van der Waals surface area contributed by atoms with E-state index in [1.54, 1.807) is 25.1 Å². The molecule has 0 aliphatic carbocycles. The summed E-state index contributed by atoms with van der Waals surface area (Å²) in [6.07, 6.45) is -5.06. The molecule has 0 bridgehead atoms. The molecule has 0 saturated heterocycles. The van der Waals surface area contributed by atoms with Gasteiger partial charge < -0.3 is 4.18 Å². The van der Waals surface area contributed by atoms with Crippen molar-refractivity contribution in [2.75, 3.05) is 0 Å². The van der Waals surface area contributed by atoms with Gasteiger partial charge in [0, 0.05) is 0 Å². The maximum absolute atomic E-state index is 13.9. The van der Waals surface area contributed by atoms with Gasteiger partial charge in [0.05, 0.1) is 5.57 Å². The Hall–Kier alpha value is -2.50. The summed E-state index contributed by atoms with van der Waals surface area (Å²) in [6.45, 7) is 7.36.